The fourth-order valence-electron chi connectivity index (χ4n) is 2.88. The number of aliphatic hydroxyl groups is 1. The van der Waals surface area contributed by atoms with Gasteiger partial charge < -0.3 is 19.3 Å². The van der Waals surface area contributed by atoms with Gasteiger partial charge in [0.25, 0.3) is 0 Å². The predicted octanol–water partition coefficient (Wildman–Crippen LogP) is 1.24. The number of amides is 1. The first-order valence-corrected chi connectivity index (χ1v) is 7.87. The zero-order valence-electron chi connectivity index (χ0n) is 14.1. The molecule has 3 atom stereocenters. The number of piperidine rings is 1. The Hall–Kier alpha value is -1.60. The molecule has 2 aliphatic rings. The molecule has 2 saturated heterocycles. The smallest absolute Gasteiger partial charge is 0.411 e. The number of fused-ring (bicyclic) bond motifs is 2. The second-order valence-corrected chi connectivity index (χ2v) is 6.77. The number of hydrogen-bond donors (Lipinski definition) is 1. The number of hydrogen-bond acceptors (Lipinski definition) is 6. The molecule has 1 N–H and O–H groups in total. The Morgan fingerprint density at radius 2 is 2.09 bits per heavy atom. The van der Waals surface area contributed by atoms with Gasteiger partial charge in [-0.3, -0.25) is 4.90 Å². The van der Waals surface area contributed by atoms with Gasteiger partial charge in [-0.05, 0) is 39.7 Å². The van der Waals surface area contributed by atoms with E-state index in [4.69, 9.17) is 14.2 Å². The van der Waals surface area contributed by atoms with E-state index in [1.807, 2.05) is 0 Å². The minimum atomic E-state index is -0.969. The van der Waals surface area contributed by atoms with Gasteiger partial charge in [-0.2, -0.15) is 0 Å². The van der Waals surface area contributed by atoms with Crippen molar-refractivity contribution in [2.24, 2.45) is 0 Å². The van der Waals surface area contributed by atoms with Crippen LogP contribution in [0.3, 0.4) is 0 Å². The van der Waals surface area contributed by atoms with E-state index in [1.54, 1.807) is 32.6 Å². The van der Waals surface area contributed by atoms with Gasteiger partial charge in [-0.25, -0.2) is 9.59 Å². The lowest BCUT2D eigenvalue weighted by molar-refractivity contribution is -0.137. The summed E-state index contributed by atoms with van der Waals surface area (Å²) < 4.78 is 15.8. The van der Waals surface area contributed by atoms with Crippen molar-refractivity contribution < 1.29 is 28.9 Å². The van der Waals surface area contributed by atoms with Crippen LogP contribution >= 0.6 is 0 Å². The fraction of sp³-hybridized carbons (Fsp3) is 0.750. The van der Waals surface area contributed by atoms with Crippen LogP contribution in [-0.2, 0) is 19.0 Å². The number of carbonyl (C=O) groups is 2. The molecule has 0 saturated carbocycles. The summed E-state index contributed by atoms with van der Waals surface area (Å²) in [6.45, 7) is 7.94. The summed E-state index contributed by atoms with van der Waals surface area (Å²) in [5, 5.41) is 10.5. The highest BCUT2D eigenvalue weighted by atomic mass is 16.6. The Morgan fingerprint density at radius 1 is 1.39 bits per heavy atom. The number of nitrogens with zero attached hydrogens (tertiary/aromatic N) is 1. The maximum absolute atomic E-state index is 12.4. The normalized spacial score (nSPS) is 29.3. The molecule has 130 valence electrons. The van der Waals surface area contributed by atoms with Crippen LogP contribution in [0.1, 0.15) is 34.1 Å². The monoisotopic (exact) mass is 327 g/mol. The highest BCUT2D eigenvalue weighted by Gasteiger charge is 2.46. The SMILES string of the molecule is CCOC(=O)/C=C1/CC2COCC(C1O)N2C(=O)OC(C)(C)C. The number of morpholine rings is 1. The van der Waals surface area contributed by atoms with Crippen molar-refractivity contribution in [3.8, 4) is 0 Å². The van der Waals surface area contributed by atoms with Crippen LogP contribution in [0.2, 0.25) is 0 Å². The van der Waals surface area contributed by atoms with Crippen molar-refractivity contribution in [1.82, 2.24) is 4.90 Å². The van der Waals surface area contributed by atoms with Gasteiger partial charge in [0.15, 0.2) is 0 Å². The molecule has 7 heteroatoms. The molecule has 23 heavy (non-hydrogen) atoms. The van der Waals surface area contributed by atoms with Crippen LogP contribution in [0.25, 0.3) is 0 Å². The van der Waals surface area contributed by atoms with Crippen LogP contribution in [0.5, 0.6) is 0 Å². The van der Waals surface area contributed by atoms with Crippen molar-refractivity contribution in [3.05, 3.63) is 11.6 Å². The molecule has 1 amide bonds. The summed E-state index contributed by atoms with van der Waals surface area (Å²) in [6, 6.07) is -0.814. The van der Waals surface area contributed by atoms with Gasteiger partial charge in [-0.15, -0.1) is 0 Å². The molecule has 0 aliphatic carbocycles. The molecule has 2 aliphatic heterocycles. The third kappa shape index (κ3) is 4.23. The highest BCUT2D eigenvalue weighted by molar-refractivity contribution is 5.83. The van der Waals surface area contributed by atoms with Gasteiger partial charge in [0, 0.05) is 6.08 Å². The minimum absolute atomic E-state index is 0.205. The van der Waals surface area contributed by atoms with Crippen molar-refractivity contribution in [3.63, 3.8) is 0 Å². The van der Waals surface area contributed by atoms with E-state index in [1.165, 1.54) is 6.08 Å². The standard InChI is InChI=1S/C16H25NO6/c1-5-22-13(18)7-10-6-11-8-21-9-12(14(10)19)17(11)15(20)23-16(2,3)4/h7,11-12,14,19H,5-6,8-9H2,1-4H3/b10-7-. The summed E-state index contributed by atoms with van der Waals surface area (Å²) in [5.74, 6) is -0.480. The van der Waals surface area contributed by atoms with Crippen LogP contribution < -0.4 is 0 Å². The van der Waals surface area contributed by atoms with E-state index in [9.17, 15) is 14.7 Å². The molecule has 0 aromatic rings. The molecule has 0 spiro atoms. The topological polar surface area (TPSA) is 85.3 Å². The van der Waals surface area contributed by atoms with Crippen LogP contribution in [-0.4, -0.2) is 65.7 Å². The summed E-state index contributed by atoms with van der Waals surface area (Å²) in [5.41, 5.74) is -0.0420. The van der Waals surface area contributed by atoms with Crippen molar-refractivity contribution in [1.29, 1.82) is 0 Å². The maximum Gasteiger partial charge on any atom is 0.411 e. The first kappa shape index (κ1) is 17.7. The van der Waals surface area contributed by atoms with Gasteiger partial charge in [-0.1, -0.05) is 0 Å². The summed E-state index contributed by atoms with van der Waals surface area (Å²) in [6.07, 6.45) is 0.246. The molecular weight excluding hydrogens is 302 g/mol. The second-order valence-electron chi connectivity index (χ2n) is 6.77. The average Bonchev–Trinajstić information content (AvgIpc) is 2.42. The van der Waals surface area contributed by atoms with Crippen LogP contribution in [0.4, 0.5) is 4.79 Å². The average molecular weight is 327 g/mol. The number of ether oxygens (including phenoxy) is 3. The van der Waals surface area contributed by atoms with Gasteiger partial charge in [0.2, 0.25) is 0 Å². The van der Waals surface area contributed by atoms with Crippen LogP contribution in [0, 0.1) is 0 Å². The second kappa shape index (κ2) is 6.88. The fourth-order valence-corrected chi connectivity index (χ4v) is 2.88. The zero-order valence-corrected chi connectivity index (χ0v) is 14.1. The van der Waals surface area contributed by atoms with Gasteiger partial charge in [0.1, 0.15) is 5.60 Å². The molecule has 2 bridgehead atoms. The summed E-state index contributed by atoms with van der Waals surface area (Å²) in [4.78, 5) is 25.6. The molecule has 0 aromatic heterocycles. The molecule has 7 nitrogen and oxygen atoms in total. The van der Waals surface area contributed by atoms with E-state index < -0.39 is 29.8 Å². The third-order valence-electron chi connectivity index (χ3n) is 3.76. The van der Waals surface area contributed by atoms with E-state index in [0.29, 0.717) is 18.6 Å². The molecule has 2 rings (SSSR count). The Kier molecular flexibility index (Phi) is 5.31. The molecule has 2 heterocycles. The van der Waals surface area contributed by atoms with Crippen molar-refractivity contribution in [2.75, 3.05) is 19.8 Å². The Bertz CT molecular complexity index is 495. The maximum atomic E-state index is 12.4. The number of carbonyl (C=O) groups excluding carboxylic acids is 2. The van der Waals surface area contributed by atoms with Crippen LogP contribution in [0.15, 0.2) is 11.6 Å². The first-order chi connectivity index (χ1) is 10.7. The number of aliphatic hydroxyl groups excluding tert-OH is 1. The predicted molar refractivity (Wildman–Crippen MR) is 81.8 cm³/mol. The molecule has 0 radical (unpaired) electrons. The summed E-state index contributed by atoms with van der Waals surface area (Å²) >= 11 is 0. The van der Waals surface area contributed by atoms with Crippen molar-refractivity contribution >= 4 is 12.1 Å². The highest BCUT2D eigenvalue weighted by Crippen LogP contribution is 2.32. The lowest BCUT2D eigenvalue weighted by atomic mass is 9.87. The number of rotatable bonds is 2. The van der Waals surface area contributed by atoms with Gasteiger partial charge >= 0.3 is 12.1 Å². The minimum Gasteiger partial charge on any atom is -0.463 e. The van der Waals surface area contributed by atoms with E-state index in [2.05, 4.69) is 0 Å². The summed E-state index contributed by atoms with van der Waals surface area (Å²) in [7, 11) is 0. The Morgan fingerprint density at radius 3 is 2.70 bits per heavy atom. The Balaban J connectivity index is 2.18. The van der Waals surface area contributed by atoms with E-state index >= 15 is 0 Å². The lowest BCUT2D eigenvalue weighted by Crippen LogP contribution is -2.63. The molecule has 3 unspecified atom stereocenters. The first-order valence-electron chi connectivity index (χ1n) is 7.87. The van der Waals surface area contributed by atoms with Gasteiger partial charge in [0.05, 0.1) is 38.0 Å². The molecule has 0 aromatic carbocycles. The lowest BCUT2D eigenvalue weighted by Gasteiger charge is -2.48. The van der Waals surface area contributed by atoms with E-state index in [0.717, 1.165) is 0 Å². The number of esters is 1. The van der Waals surface area contributed by atoms with Crippen molar-refractivity contribution in [2.45, 2.75) is 57.9 Å². The zero-order chi connectivity index (χ0) is 17.2. The third-order valence-corrected chi connectivity index (χ3v) is 3.76. The Labute approximate surface area is 136 Å². The quantitative estimate of drug-likeness (QED) is 0.607. The van der Waals surface area contributed by atoms with E-state index in [-0.39, 0.29) is 19.3 Å². The molecular formula is C16H25NO6. The largest absolute Gasteiger partial charge is 0.463 e. The molecule has 2 fully saturated rings.